The van der Waals surface area contributed by atoms with Crippen molar-refractivity contribution in [2.45, 2.75) is 38.8 Å². The Morgan fingerprint density at radius 1 is 1.16 bits per heavy atom. The lowest BCUT2D eigenvalue weighted by molar-refractivity contribution is -0.291. The summed E-state index contributed by atoms with van der Waals surface area (Å²) >= 11 is 0. The standard InChI is InChI=1S/C21H21F7N4/c1-11(2)15-8-13(7-6-12(15)3)14(9-29)10-30-18-16(19(4,22)23)17(31-32(18)5)20(24,25)21(26,27)28/h6-10H,1,29H2,2-5H3. The molecule has 0 aliphatic heterocycles. The third kappa shape index (κ3) is 4.71. The Kier molecular flexibility index (Phi) is 6.63. The molecule has 4 nitrogen and oxygen atoms in total. The number of benzene rings is 1. The van der Waals surface area contributed by atoms with Crippen LogP contribution in [0.25, 0.3) is 11.1 Å². The smallest absolute Gasteiger partial charge is 0.404 e. The van der Waals surface area contributed by atoms with E-state index < -0.39 is 35.1 Å². The first-order valence-corrected chi connectivity index (χ1v) is 9.15. The fraction of sp³-hybridized carbons (Fsp3) is 0.333. The largest absolute Gasteiger partial charge is 0.459 e. The molecule has 1 heterocycles. The number of hydrogen-bond donors (Lipinski definition) is 1. The van der Waals surface area contributed by atoms with Crippen molar-refractivity contribution in [3.63, 3.8) is 0 Å². The molecule has 174 valence electrons. The van der Waals surface area contributed by atoms with Gasteiger partial charge in [-0.05, 0) is 36.6 Å². The molecule has 0 amide bonds. The molecule has 0 aliphatic carbocycles. The number of hydrogen-bond acceptors (Lipinski definition) is 3. The van der Waals surface area contributed by atoms with Gasteiger partial charge in [-0.1, -0.05) is 24.3 Å². The van der Waals surface area contributed by atoms with Crippen LogP contribution in [0.1, 0.15) is 41.8 Å². The fourth-order valence-corrected chi connectivity index (χ4v) is 3.03. The zero-order valence-electron chi connectivity index (χ0n) is 17.7. The lowest BCUT2D eigenvalue weighted by Crippen LogP contribution is -2.36. The van der Waals surface area contributed by atoms with Crippen molar-refractivity contribution in [1.29, 1.82) is 0 Å². The molecule has 0 bridgehead atoms. The lowest BCUT2D eigenvalue weighted by atomic mass is 9.97. The minimum Gasteiger partial charge on any atom is -0.404 e. The van der Waals surface area contributed by atoms with Crippen LogP contribution < -0.4 is 5.73 Å². The van der Waals surface area contributed by atoms with Crippen LogP contribution in [0.2, 0.25) is 0 Å². The predicted octanol–water partition coefficient (Wildman–Crippen LogP) is 6.23. The highest BCUT2D eigenvalue weighted by molar-refractivity contribution is 6.10. The summed E-state index contributed by atoms with van der Waals surface area (Å²) in [6.07, 6.45) is -4.03. The minimum absolute atomic E-state index is 0.192. The summed E-state index contributed by atoms with van der Waals surface area (Å²) in [6.45, 7) is 7.68. The Bertz CT molecular complexity index is 1090. The fourth-order valence-electron chi connectivity index (χ4n) is 3.03. The number of aryl methyl sites for hydroxylation is 2. The molecule has 0 saturated heterocycles. The van der Waals surface area contributed by atoms with E-state index in [4.69, 9.17) is 5.73 Å². The van der Waals surface area contributed by atoms with E-state index in [9.17, 15) is 30.7 Å². The Labute approximate surface area is 179 Å². The molecule has 2 aromatic rings. The van der Waals surface area contributed by atoms with E-state index in [0.29, 0.717) is 10.2 Å². The molecule has 0 atom stereocenters. The van der Waals surface area contributed by atoms with Gasteiger partial charge < -0.3 is 5.73 Å². The molecule has 1 aromatic carbocycles. The van der Waals surface area contributed by atoms with E-state index in [1.54, 1.807) is 25.1 Å². The zero-order chi connectivity index (χ0) is 24.6. The van der Waals surface area contributed by atoms with Crippen LogP contribution in [-0.2, 0) is 18.9 Å². The van der Waals surface area contributed by atoms with Crippen molar-refractivity contribution in [2.75, 3.05) is 0 Å². The lowest BCUT2D eigenvalue weighted by Gasteiger charge is -2.20. The second-order valence-corrected chi connectivity index (χ2v) is 7.32. The number of allylic oxidation sites excluding steroid dienone is 2. The van der Waals surface area contributed by atoms with Crippen molar-refractivity contribution < 1.29 is 30.7 Å². The number of aliphatic imine (C=N–C) groups is 1. The van der Waals surface area contributed by atoms with Crippen molar-refractivity contribution in [3.05, 3.63) is 58.9 Å². The van der Waals surface area contributed by atoms with Gasteiger partial charge in [0.2, 0.25) is 0 Å². The average Bonchev–Trinajstić information content (AvgIpc) is 2.99. The van der Waals surface area contributed by atoms with Gasteiger partial charge in [0.05, 0.1) is 5.56 Å². The van der Waals surface area contributed by atoms with Crippen molar-refractivity contribution >= 4 is 23.2 Å². The number of rotatable bonds is 6. The van der Waals surface area contributed by atoms with Gasteiger partial charge in [-0.15, -0.1) is 0 Å². The Morgan fingerprint density at radius 3 is 2.22 bits per heavy atom. The minimum atomic E-state index is -6.12. The summed E-state index contributed by atoms with van der Waals surface area (Å²) in [5, 5.41) is 3.03. The molecular weight excluding hydrogens is 441 g/mol. The van der Waals surface area contributed by atoms with Crippen LogP contribution in [0, 0.1) is 6.92 Å². The van der Waals surface area contributed by atoms with Gasteiger partial charge >= 0.3 is 12.1 Å². The number of halogens is 7. The first-order chi connectivity index (χ1) is 14.5. The van der Waals surface area contributed by atoms with Gasteiger partial charge in [0, 0.05) is 32.0 Å². The zero-order valence-corrected chi connectivity index (χ0v) is 17.7. The van der Waals surface area contributed by atoms with Crippen LogP contribution in [-0.4, -0.2) is 22.2 Å². The highest BCUT2D eigenvalue weighted by Gasteiger charge is 2.63. The maximum atomic E-state index is 14.1. The highest BCUT2D eigenvalue weighted by atomic mass is 19.4. The second-order valence-electron chi connectivity index (χ2n) is 7.32. The maximum absolute atomic E-state index is 14.1. The monoisotopic (exact) mass is 462 g/mol. The first-order valence-electron chi connectivity index (χ1n) is 9.15. The highest BCUT2D eigenvalue weighted by Crippen LogP contribution is 2.49. The summed E-state index contributed by atoms with van der Waals surface area (Å²) in [6, 6.07) is 5.13. The molecule has 32 heavy (non-hydrogen) atoms. The number of alkyl halides is 7. The third-order valence-corrected chi connectivity index (χ3v) is 4.65. The molecule has 0 aliphatic rings. The third-order valence-electron chi connectivity index (χ3n) is 4.65. The summed E-state index contributed by atoms with van der Waals surface area (Å²) in [4.78, 5) is 3.76. The quantitative estimate of drug-likeness (QED) is 0.409. The maximum Gasteiger partial charge on any atom is 0.459 e. The Morgan fingerprint density at radius 2 is 1.75 bits per heavy atom. The second kappa shape index (κ2) is 8.44. The van der Waals surface area contributed by atoms with Crippen LogP contribution in [0.5, 0.6) is 0 Å². The summed E-state index contributed by atoms with van der Waals surface area (Å²) in [7, 11) is 0.939. The molecule has 0 fully saturated rings. The molecule has 2 rings (SSSR count). The van der Waals surface area contributed by atoms with E-state index in [-0.39, 0.29) is 12.5 Å². The average molecular weight is 462 g/mol. The molecule has 11 heteroatoms. The van der Waals surface area contributed by atoms with Crippen molar-refractivity contribution in [3.8, 4) is 0 Å². The summed E-state index contributed by atoms with van der Waals surface area (Å²) < 4.78 is 95.1. The first kappa shape index (κ1) is 25.2. The molecular formula is C21H21F7N4. The molecule has 2 N–H and O–H groups in total. The molecule has 0 saturated carbocycles. The van der Waals surface area contributed by atoms with Gasteiger partial charge in [-0.2, -0.15) is 27.1 Å². The van der Waals surface area contributed by atoms with E-state index in [1.165, 1.54) is 0 Å². The van der Waals surface area contributed by atoms with E-state index in [1.807, 2.05) is 6.92 Å². The molecule has 0 spiro atoms. The van der Waals surface area contributed by atoms with Gasteiger partial charge in [0.1, 0.15) is 0 Å². The number of aromatic nitrogens is 2. The van der Waals surface area contributed by atoms with Crippen molar-refractivity contribution in [1.82, 2.24) is 9.78 Å². The van der Waals surface area contributed by atoms with E-state index >= 15 is 0 Å². The van der Waals surface area contributed by atoms with Crippen LogP contribution >= 0.6 is 0 Å². The molecule has 0 radical (unpaired) electrons. The van der Waals surface area contributed by atoms with Gasteiger partial charge in [-0.25, -0.2) is 13.8 Å². The van der Waals surface area contributed by atoms with Crippen LogP contribution in [0.15, 0.2) is 36.0 Å². The van der Waals surface area contributed by atoms with E-state index in [0.717, 1.165) is 36.2 Å². The van der Waals surface area contributed by atoms with Gasteiger partial charge in [0.25, 0.3) is 5.92 Å². The predicted molar refractivity (Wildman–Crippen MR) is 109 cm³/mol. The Balaban J connectivity index is 2.64. The summed E-state index contributed by atoms with van der Waals surface area (Å²) in [5.41, 5.74) is 5.05. The van der Waals surface area contributed by atoms with Gasteiger partial charge in [-0.3, -0.25) is 4.68 Å². The van der Waals surface area contributed by atoms with Crippen molar-refractivity contribution in [2.24, 2.45) is 17.8 Å². The summed E-state index contributed by atoms with van der Waals surface area (Å²) in [5.74, 6) is -10.6. The number of nitrogens with two attached hydrogens (primary N) is 1. The normalized spacial score (nSPS) is 13.8. The van der Waals surface area contributed by atoms with Gasteiger partial charge in [0.15, 0.2) is 11.5 Å². The number of nitrogens with zero attached hydrogens (tertiary/aromatic N) is 3. The topological polar surface area (TPSA) is 56.2 Å². The van der Waals surface area contributed by atoms with Crippen LogP contribution in [0.3, 0.4) is 0 Å². The Hall–Kier alpha value is -3.11. The molecule has 0 unspecified atom stereocenters. The molecule has 1 aromatic heterocycles. The SMILES string of the molecule is C=C(C)c1cc(C(C=Nc2c(C(C)(F)F)c(C(F)(F)C(F)(F)F)nn2C)=CN)ccc1C. The van der Waals surface area contributed by atoms with Crippen LogP contribution in [0.4, 0.5) is 36.6 Å². The van der Waals surface area contributed by atoms with E-state index in [2.05, 4.69) is 16.7 Å².